The minimum absolute atomic E-state index is 0.0762. The number of phenolic OH excluding ortho intramolecular Hbond substituents is 1. The second-order valence-corrected chi connectivity index (χ2v) is 6.48. The Hall–Kier alpha value is -2.09. The molecule has 0 saturated heterocycles. The largest absolute Gasteiger partial charge is 0.508 e. The summed E-state index contributed by atoms with van der Waals surface area (Å²) >= 11 is 0. The van der Waals surface area contributed by atoms with Gasteiger partial charge >= 0.3 is 0 Å². The van der Waals surface area contributed by atoms with Crippen molar-refractivity contribution in [2.45, 2.75) is 59.3 Å². The quantitative estimate of drug-likeness (QED) is 0.609. The minimum atomic E-state index is 0.0762. The van der Waals surface area contributed by atoms with Gasteiger partial charge in [0.1, 0.15) is 5.75 Å². The van der Waals surface area contributed by atoms with E-state index in [1.165, 1.54) is 5.56 Å². The Morgan fingerprint density at radius 3 is 2.17 bits per heavy atom. The first-order chi connectivity index (χ1) is 11.6. The lowest BCUT2D eigenvalue weighted by atomic mass is 9.91. The topological polar surface area (TPSA) is 37.3 Å². The monoisotopic (exact) mass is 324 g/mol. The third-order valence-electron chi connectivity index (χ3n) is 4.49. The molecular weight excluding hydrogens is 296 g/mol. The Bertz CT molecular complexity index is 684. The molecule has 0 saturated carbocycles. The summed E-state index contributed by atoms with van der Waals surface area (Å²) in [4.78, 5) is 11.5. The summed E-state index contributed by atoms with van der Waals surface area (Å²) in [5.41, 5.74) is 5.09. The number of aryl methyl sites for hydroxylation is 1. The number of hydrogen-bond acceptors (Lipinski definition) is 2. The Labute approximate surface area is 145 Å². The van der Waals surface area contributed by atoms with Crippen LogP contribution in [-0.4, -0.2) is 10.9 Å². The molecule has 0 heterocycles. The summed E-state index contributed by atoms with van der Waals surface area (Å²) in [6, 6.07) is 11.9. The van der Waals surface area contributed by atoms with Crippen LogP contribution in [-0.2, 0) is 12.8 Å². The molecule has 0 fully saturated rings. The molecule has 0 amide bonds. The molecule has 0 spiro atoms. The Morgan fingerprint density at radius 2 is 1.58 bits per heavy atom. The zero-order valence-corrected chi connectivity index (χ0v) is 15.1. The van der Waals surface area contributed by atoms with Crippen molar-refractivity contribution in [1.82, 2.24) is 0 Å². The zero-order chi connectivity index (χ0) is 17.5. The molecule has 0 radical (unpaired) electrons. The zero-order valence-electron chi connectivity index (χ0n) is 15.1. The number of rotatable bonds is 8. The van der Waals surface area contributed by atoms with E-state index in [1.54, 1.807) is 6.92 Å². The summed E-state index contributed by atoms with van der Waals surface area (Å²) in [6.45, 7) is 5.92. The molecule has 0 aliphatic carbocycles. The first kappa shape index (κ1) is 18.3. The van der Waals surface area contributed by atoms with Gasteiger partial charge in [-0.2, -0.15) is 0 Å². The standard InChI is InChI=1S/C22H28O2/c1-4-6-8-17-14-21(20(9-7-5-2)22(24)15-17)19-12-10-18(11-13-19)16(3)23/h10-15,24H,4-9H2,1-3H3. The molecule has 0 aliphatic rings. The minimum Gasteiger partial charge on any atom is -0.508 e. The second-order valence-electron chi connectivity index (χ2n) is 6.48. The van der Waals surface area contributed by atoms with E-state index >= 15 is 0 Å². The molecule has 1 N–H and O–H groups in total. The van der Waals surface area contributed by atoms with Crippen LogP contribution in [0.5, 0.6) is 5.75 Å². The Morgan fingerprint density at radius 1 is 0.958 bits per heavy atom. The van der Waals surface area contributed by atoms with Gasteiger partial charge < -0.3 is 5.11 Å². The fourth-order valence-corrected chi connectivity index (χ4v) is 3.00. The van der Waals surface area contributed by atoms with Crippen LogP contribution in [0, 0.1) is 0 Å². The van der Waals surface area contributed by atoms with Crippen LogP contribution in [0.4, 0.5) is 0 Å². The third kappa shape index (κ3) is 4.47. The van der Waals surface area contributed by atoms with E-state index in [2.05, 4.69) is 19.9 Å². The van der Waals surface area contributed by atoms with Gasteiger partial charge in [-0.1, -0.05) is 57.0 Å². The lowest BCUT2D eigenvalue weighted by Crippen LogP contribution is -1.96. The first-order valence-corrected chi connectivity index (χ1v) is 9.03. The molecular formula is C22H28O2. The number of hydrogen-bond donors (Lipinski definition) is 1. The van der Waals surface area contributed by atoms with Crippen LogP contribution in [0.2, 0.25) is 0 Å². The average Bonchev–Trinajstić information content (AvgIpc) is 2.58. The van der Waals surface area contributed by atoms with Crippen molar-refractivity contribution in [3.8, 4) is 16.9 Å². The number of phenols is 1. The molecule has 24 heavy (non-hydrogen) atoms. The van der Waals surface area contributed by atoms with Gasteiger partial charge in [-0.25, -0.2) is 0 Å². The lowest BCUT2D eigenvalue weighted by Gasteiger charge is -2.15. The van der Waals surface area contributed by atoms with Gasteiger partial charge in [-0.05, 0) is 55.4 Å². The normalized spacial score (nSPS) is 10.8. The molecule has 2 aromatic rings. The predicted octanol–water partition coefficient (Wildman–Crippen LogP) is 5.95. The Balaban J connectivity index is 2.46. The van der Waals surface area contributed by atoms with Gasteiger partial charge in [-0.15, -0.1) is 0 Å². The third-order valence-corrected chi connectivity index (χ3v) is 4.49. The van der Waals surface area contributed by atoms with Gasteiger partial charge in [0.25, 0.3) is 0 Å². The molecule has 0 aliphatic heterocycles. The van der Waals surface area contributed by atoms with Crippen LogP contribution in [0.25, 0.3) is 11.1 Å². The molecule has 2 rings (SSSR count). The molecule has 2 heteroatoms. The van der Waals surface area contributed by atoms with E-state index < -0.39 is 0 Å². The highest BCUT2D eigenvalue weighted by atomic mass is 16.3. The van der Waals surface area contributed by atoms with Crippen LogP contribution >= 0.6 is 0 Å². The number of unbranched alkanes of at least 4 members (excludes halogenated alkanes) is 2. The second kappa shape index (κ2) is 8.68. The lowest BCUT2D eigenvalue weighted by molar-refractivity contribution is 0.101. The van der Waals surface area contributed by atoms with Gasteiger partial charge in [0.15, 0.2) is 5.78 Å². The molecule has 0 bridgehead atoms. The van der Waals surface area contributed by atoms with Crippen molar-refractivity contribution in [2.24, 2.45) is 0 Å². The number of carbonyl (C=O) groups is 1. The maximum atomic E-state index is 11.5. The van der Waals surface area contributed by atoms with Crippen molar-refractivity contribution in [1.29, 1.82) is 0 Å². The predicted molar refractivity (Wildman–Crippen MR) is 101 cm³/mol. The number of carbonyl (C=O) groups excluding carboxylic acids is 1. The number of ketones is 1. The molecule has 0 aromatic heterocycles. The van der Waals surface area contributed by atoms with Gasteiger partial charge in [-0.3, -0.25) is 4.79 Å². The van der Waals surface area contributed by atoms with Crippen LogP contribution in [0.15, 0.2) is 36.4 Å². The van der Waals surface area contributed by atoms with Crippen molar-refractivity contribution in [3.63, 3.8) is 0 Å². The summed E-state index contributed by atoms with van der Waals surface area (Å²) in [6.07, 6.45) is 6.27. The van der Waals surface area contributed by atoms with E-state index in [-0.39, 0.29) is 5.78 Å². The van der Waals surface area contributed by atoms with Crippen LogP contribution in [0.3, 0.4) is 0 Å². The van der Waals surface area contributed by atoms with Crippen molar-refractivity contribution in [3.05, 3.63) is 53.1 Å². The highest BCUT2D eigenvalue weighted by Crippen LogP contribution is 2.34. The Kier molecular flexibility index (Phi) is 6.60. The van der Waals surface area contributed by atoms with E-state index in [0.29, 0.717) is 5.75 Å². The summed E-state index contributed by atoms with van der Waals surface area (Å²) in [7, 11) is 0. The van der Waals surface area contributed by atoms with Crippen molar-refractivity contribution >= 4 is 5.78 Å². The number of Topliss-reactive ketones (excluding diaryl/α,β-unsaturated/α-hetero) is 1. The highest BCUT2D eigenvalue weighted by Gasteiger charge is 2.12. The fraction of sp³-hybridized carbons (Fsp3) is 0.409. The summed E-state index contributed by atoms with van der Waals surface area (Å²) in [5, 5.41) is 10.5. The van der Waals surface area contributed by atoms with E-state index in [4.69, 9.17) is 0 Å². The van der Waals surface area contributed by atoms with Crippen LogP contribution < -0.4 is 0 Å². The van der Waals surface area contributed by atoms with Crippen molar-refractivity contribution in [2.75, 3.05) is 0 Å². The summed E-state index contributed by atoms with van der Waals surface area (Å²) < 4.78 is 0. The fourth-order valence-electron chi connectivity index (χ4n) is 3.00. The smallest absolute Gasteiger partial charge is 0.159 e. The average molecular weight is 324 g/mol. The van der Waals surface area contributed by atoms with Crippen LogP contribution in [0.1, 0.15) is 67.9 Å². The molecule has 0 atom stereocenters. The van der Waals surface area contributed by atoms with Crippen molar-refractivity contribution < 1.29 is 9.90 Å². The molecule has 128 valence electrons. The maximum Gasteiger partial charge on any atom is 0.159 e. The number of benzene rings is 2. The summed E-state index contributed by atoms with van der Waals surface area (Å²) in [5.74, 6) is 0.481. The van der Waals surface area contributed by atoms with Gasteiger partial charge in [0.05, 0.1) is 0 Å². The van der Waals surface area contributed by atoms with E-state index in [9.17, 15) is 9.90 Å². The molecule has 0 unspecified atom stereocenters. The van der Waals surface area contributed by atoms with Gasteiger partial charge in [0, 0.05) is 11.1 Å². The molecule has 2 nitrogen and oxygen atoms in total. The molecule has 2 aromatic carbocycles. The number of aromatic hydroxyl groups is 1. The van der Waals surface area contributed by atoms with Gasteiger partial charge in [0.2, 0.25) is 0 Å². The maximum absolute atomic E-state index is 11.5. The highest BCUT2D eigenvalue weighted by molar-refractivity contribution is 5.94. The SMILES string of the molecule is CCCCc1cc(O)c(CCCC)c(-c2ccc(C(C)=O)cc2)c1. The van der Waals surface area contributed by atoms with E-state index in [0.717, 1.165) is 60.8 Å². The van der Waals surface area contributed by atoms with E-state index in [1.807, 2.05) is 30.3 Å². The first-order valence-electron chi connectivity index (χ1n) is 9.03.